The Morgan fingerprint density at radius 3 is 2.86 bits per heavy atom. The Bertz CT molecular complexity index is 762. The fourth-order valence-corrected chi connectivity index (χ4v) is 3.38. The van der Waals surface area contributed by atoms with Crippen LogP contribution in [0.15, 0.2) is 33.8 Å². The van der Waals surface area contributed by atoms with Crippen LogP contribution < -0.4 is 5.32 Å². The third-order valence-corrected chi connectivity index (χ3v) is 4.76. The molecule has 0 unspecified atom stereocenters. The monoisotopic (exact) mass is 519 g/mol. The first kappa shape index (κ1) is 22.9. The molecule has 28 heavy (non-hydrogen) atoms. The van der Waals surface area contributed by atoms with E-state index in [0.29, 0.717) is 35.8 Å². The number of hydrogen-bond donors (Lipinski definition) is 1. The lowest BCUT2D eigenvalue weighted by molar-refractivity contribution is 0.0264. The molecular weight excluding hydrogens is 493 g/mol. The topological polar surface area (TPSA) is 75.8 Å². The average Bonchev–Trinajstić information content (AvgIpc) is 3.15. The number of nitrogens with zero attached hydrogens (tertiary/aromatic N) is 4. The first-order valence-electron chi connectivity index (χ1n) is 9.35. The molecule has 1 saturated heterocycles. The van der Waals surface area contributed by atoms with Crippen LogP contribution in [0.1, 0.15) is 25.7 Å². The number of likely N-dealkylation sites (tertiary alicyclic amines) is 1. The summed E-state index contributed by atoms with van der Waals surface area (Å²) in [6, 6.07) is 7.42. The molecule has 0 spiro atoms. The smallest absolute Gasteiger partial charge is 0.228 e. The summed E-state index contributed by atoms with van der Waals surface area (Å²) in [6.07, 6.45) is 3.05. The molecule has 0 bridgehead atoms. The maximum atomic E-state index is 6.01. The zero-order valence-corrected chi connectivity index (χ0v) is 19.3. The largest absolute Gasteiger partial charge is 0.378 e. The first-order valence-corrected chi connectivity index (χ1v) is 9.73. The molecule has 1 fully saturated rings. The Labute approximate surface area is 187 Å². The molecule has 2 heterocycles. The van der Waals surface area contributed by atoms with Crippen molar-refractivity contribution in [1.82, 2.24) is 20.4 Å². The standard InChI is InChI=1S/C19H26ClN5O2.HI/c1-3-26-16-8-11-25(12-9-16)19(21-2)22-10-7-17-23-18(24-27-17)14-5-4-6-15(20)13-14;/h4-6,13,16H,3,7-12H2,1-2H3,(H,21,22);1H. The van der Waals surface area contributed by atoms with Crippen LogP contribution in [0.3, 0.4) is 0 Å². The Hall–Kier alpha value is -1.39. The van der Waals surface area contributed by atoms with Crippen molar-refractivity contribution in [2.45, 2.75) is 32.3 Å². The van der Waals surface area contributed by atoms with Gasteiger partial charge in [0, 0.05) is 50.3 Å². The molecule has 0 saturated carbocycles. The summed E-state index contributed by atoms with van der Waals surface area (Å²) in [7, 11) is 1.81. The van der Waals surface area contributed by atoms with Gasteiger partial charge in [0.05, 0.1) is 6.10 Å². The summed E-state index contributed by atoms with van der Waals surface area (Å²) in [6.45, 7) is 5.39. The van der Waals surface area contributed by atoms with Gasteiger partial charge in [-0.25, -0.2) is 0 Å². The van der Waals surface area contributed by atoms with Gasteiger partial charge < -0.3 is 19.5 Å². The number of aromatic nitrogens is 2. The molecule has 1 aliphatic heterocycles. The number of benzene rings is 1. The molecule has 7 nitrogen and oxygen atoms in total. The second kappa shape index (κ2) is 11.6. The van der Waals surface area contributed by atoms with Gasteiger partial charge >= 0.3 is 0 Å². The molecule has 1 aromatic carbocycles. The molecule has 9 heteroatoms. The van der Waals surface area contributed by atoms with Crippen LogP contribution >= 0.6 is 35.6 Å². The van der Waals surface area contributed by atoms with Crippen LogP contribution in [-0.2, 0) is 11.2 Å². The van der Waals surface area contributed by atoms with Gasteiger partial charge in [0.1, 0.15) is 0 Å². The van der Waals surface area contributed by atoms with Crippen LogP contribution in [-0.4, -0.2) is 60.4 Å². The van der Waals surface area contributed by atoms with Crippen molar-refractivity contribution >= 4 is 41.5 Å². The minimum absolute atomic E-state index is 0. The molecule has 1 aromatic heterocycles. The van der Waals surface area contributed by atoms with E-state index in [9.17, 15) is 0 Å². The number of ether oxygens (including phenoxy) is 1. The molecule has 3 rings (SSSR count). The Kier molecular flexibility index (Phi) is 9.46. The van der Waals surface area contributed by atoms with E-state index in [1.54, 1.807) is 7.05 Å². The summed E-state index contributed by atoms with van der Waals surface area (Å²) in [5.41, 5.74) is 0.846. The zero-order chi connectivity index (χ0) is 19.1. The number of nitrogens with one attached hydrogen (secondary N) is 1. The molecule has 154 valence electrons. The highest BCUT2D eigenvalue weighted by atomic mass is 127. The van der Waals surface area contributed by atoms with E-state index >= 15 is 0 Å². The highest BCUT2D eigenvalue weighted by Crippen LogP contribution is 2.20. The van der Waals surface area contributed by atoms with Crippen LogP contribution in [0.5, 0.6) is 0 Å². The van der Waals surface area contributed by atoms with E-state index in [2.05, 4.69) is 25.3 Å². The number of rotatable bonds is 6. The zero-order valence-electron chi connectivity index (χ0n) is 16.2. The van der Waals surface area contributed by atoms with Gasteiger partial charge in [-0.3, -0.25) is 4.99 Å². The lowest BCUT2D eigenvalue weighted by Gasteiger charge is -2.34. The first-order chi connectivity index (χ1) is 13.2. The molecular formula is C19H27ClIN5O2. The summed E-state index contributed by atoms with van der Waals surface area (Å²) >= 11 is 6.01. The molecule has 1 N–H and O–H groups in total. The van der Waals surface area contributed by atoms with Gasteiger partial charge in [0.25, 0.3) is 0 Å². The fraction of sp³-hybridized carbons (Fsp3) is 0.526. The van der Waals surface area contributed by atoms with Crippen molar-refractivity contribution in [1.29, 1.82) is 0 Å². The predicted molar refractivity (Wildman–Crippen MR) is 121 cm³/mol. The van der Waals surface area contributed by atoms with Gasteiger partial charge in [-0.05, 0) is 31.9 Å². The predicted octanol–water partition coefficient (Wildman–Crippen LogP) is 3.63. The second-order valence-corrected chi connectivity index (χ2v) is 6.82. The number of guanidine groups is 1. The highest BCUT2D eigenvalue weighted by molar-refractivity contribution is 14.0. The highest BCUT2D eigenvalue weighted by Gasteiger charge is 2.21. The summed E-state index contributed by atoms with van der Waals surface area (Å²) in [5.74, 6) is 2.04. The number of hydrogen-bond acceptors (Lipinski definition) is 5. The lowest BCUT2D eigenvalue weighted by Crippen LogP contribution is -2.47. The summed E-state index contributed by atoms with van der Waals surface area (Å²) in [5, 5.41) is 8.06. The summed E-state index contributed by atoms with van der Waals surface area (Å²) < 4.78 is 11.1. The van der Waals surface area contributed by atoms with Crippen molar-refractivity contribution in [3.63, 3.8) is 0 Å². The van der Waals surface area contributed by atoms with E-state index in [-0.39, 0.29) is 24.0 Å². The third-order valence-electron chi connectivity index (χ3n) is 4.53. The lowest BCUT2D eigenvalue weighted by atomic mass is 10.1. The quantitative estimate of drug-likeness (QED) is 0.357. The Balaban J connectivity index is 0.00000280. The molecule has 0 radical (unpaired) electrons. The van der Waals surface area contributed by atoms with Gasteiger partial charge in [-0.2, -0.15) is 4.98 Å². The SMILES string of the molecule is CCOC1CCN(C(=NC)NCCc2nc(-c3cccc(Cl)c3)no2)CC1.I. The molecule has 0 amide bonds. The van der Waals surface area contributed by atoms with Crippen LogP contribution in [0.2, 0.25) is 5.02 Å². The van der Waals surface area contributed by atoms with Crippen LogP contribution in [0, 0.1) is 0 Å². The fourth-order valence-electron chi connectivity index (χ4n) is 3.18. The molecule has 1 aliphatic rings. The van der Waals surface area contributed by atoms with Gasteiger partial charge in [-0.1, -0.05) is 28.9 Å². The van der Waals surface area contributed by atoms with Crippen LogP contribution in [0.4, 0.5) is 0 Å². The Morgan fingerprint density at radius 2 is 2.18 bits per heavy atom. The van der Waals surface area contributed by atoms with Gasteiger partial charge in [0.2, 0.25) is 11.7 Å². The van der Waals surface area contributed by atoms with Crippen molar-refractivity contribution in [3.8, 4) is 11.4 Å². The summed E-state index contributed by atoms with van der Waals surface area (Å²) in [4.78, 5) is 11.1. The normalized spacial score (nSPS) is 15.4. The van der Waals surface area contributed by atoms with E-state index in [4.69, 9.17) is 20.9 Å². The number of piperidine rings is 1. The van der Waals surface area contributed by atoms with E-state index < -0.39 is 0 Å². The van der Waals surface area contributed by atoms with Crippen molar-refractivity contribution in [2.24, 2.45) is 4.99 Å². The van der Waals surface area contributed by atoms with Gasteiger partial charge in [-0.15, -0.1) is 24.0 Å². The van der Waals surface area contributed by atoms with E-state index in [0.717, 1.165) is 44.1 Å². The molecule has 2 aromatic rings. The minimum atomic E-state index is 0. The van der Waals surface area contributed by atoms with E-state index in [1.165, 1.54) is 0 Å². The minimum Gasteiger partial charge on any atom is -0.378 e. The average molecular weight is 520 g/mol. The van der Waals surface area contributed by atoms with Crippen molar-refractivity contribution < 1.29 is 9.26 Å². The second-order valence-electron chi connectivity index (χ2n) is 6.39. The van der Waals surface area contributed by atoms with Crippen molar-refractivity contribution in [2.75, 3.05) is 33.3 Å². The number of halogens is 2. The maximum absolute atomic E-state index is 6.01. The Morgan fingerprint density at radius 1 is 1.39 bits per heavy atom. The third kappa shape index (κ3) is 6.31. The number of aliphatic imine (C=N–C) groups is 1. The van der Waals surface area contributed by atoms with E-state index in [1.807, 2.05) is 31.2 Å². The maximum Gasteiger partial charge on any atom is 0.228 e. The van der Waals surface area contributed by atoms with Crippen molar-refractivity contribution in [3.05, 3.63) is 35.2 Å². The van der Waals surface area contributed by atoms with Crippen LogP contribution in [0.25, 0.3) is 11.4 Å². The molecule has 0 atom stereocenters. The van der Waals surface area contributed by atoms with Gasteiger partial charge in [0.15, 0.2) is 5.96 Å². The molecule has 0 aliphatic carbocycles.